The standard InChI is InChI=1S/C22H17N5O11S4.2Y/c23-19-18-11(10-17(42(32,33)34)21(19)27-25-13-3-7-15(8-4-13)40-37-31)9-16(41-38-35-29)20(22(18)28)26-24-12-1-5-14(6-2-12)39-36-30;;/h1-10,28-31H,23H2,(H,32,33,34);;. The molecule has 0 amide bonds. The molecule has 0 bridgehead atoms. The zero-order valence-electron chi connectivity index (χ0n) is 21.6. The molecule has 0 heterocycles. The van der Waals surface area contributed by atoms with Crippen LogP contribution in [0.3, 0.4) is 0 Å². The predicted octanol–water partition coefficient (Wildman–Crippen LogP) is 7.62. The number of aromatic hydroxyl groups is 1. The molecule has 226 valence electrons. The minimum absolute atomic E-state index is 0. The van der Waals surface area contributed by atoms with Gasteiger partial charge in [-0.15, -0.1) is 14.6 Å². The summed E-state index contributed by atoms with van der Waals surface area (Å²) in [5, 5.41) is 56.5. The Hall–Kier alpha value is -1.17. The van der Waals surface area contributed by atoms with Crippen molar-refractivity contribution in [3.05, 3.63) is 60.7 Å². The van der Waals surface area contributed by atoms with Gasteiger partial charge in [0.05, 0.1) is 63.5 Å². The zero-order valence-corrected chi connectivity index (χ0v) is 30.6. The summed E-state index contributed by atoms with van der Waals surface area (Å²) in [7, 11) is -4.91. The van der Waals surface area contributed by atoms with Crippen LogP contribution in [0.1, 0.15) is 0 Å². The first kappa shape index (κ1) is 39.0. The Morgan fingerprint density at radius 3 is 1.68 bits per heavy atom. The van der Waals surface area contributed by atoms with E-state index in [0.29, 0.717) is 51.6 Å². The molecule has 0 aromatic heterocycles. The molecule has 4 rings (SSSR count). The van der Waals surface area contributed by atoms with Crippen LogP contribution in [0.4, 0.5) is 28.4 Å². The summed E-state index contributed by atoms with van der Waals surface area (Å²) in [5.41, 5.74) is 5.78. The van der Waals surface area contributed by atoms with E-state index in [4.69, 9.17) is 21.5 Å². The Balaban J connectivity index is 0.00000337. The van der Waals surface area contributed by atoms with Crippen molar-refractivity contribution >= 4 is 85.5 Å². The van der Waals surface area contributed by atoms with Gasteiger partial charge < -0.3 is 10.8 Å². The monoisotopic (exact) mass is 833 g/mol. The smallest absolute Gasteiger partial charge is 0.296 e. The Bertz CT molecular complexity index is 1750. The first-order chi connectivity index (χ1) is 20.2. The van der Waals surface area contributed by atoms with Crippen LogP contribution in [0.15, 0.2) is 101 Å². The molecule has 4 aromatic carbocycles. The molecule has 4 aromatic rings. The van der Waals surface area contributed by atoms with Gasteiger partial charge >= 0.3 is 0 Å². The maximum absolute atomic E-state index is 12.3. The predicted molar refractivity (Wildman–Crippen MR) is 151 cm³/mol. The topological polar surface area (TPSA) is 248 Å². The van der Waals surface area contributed by atoms with Gasteiger partial charge in [-0.05, 0) is 66.0 Å². The quantitative estimate of drug-likeness (QED) is 0.0201. The second-order valence-corrected chi connectivity index (χ2v) is 11.4. The molecule has 0 spiro atoms. The molecule has 0 atom stereocenters. The van der Waals surface area contributed by atoms with Gasteiger partial charge in [-0.2, -0.15) is 27.3 Å². The number of fused-ring (bicyclic) bond motifs is 1. The molecule has 7 N–H and O–H groups in total. The average Bonchev–Trinajstić information content (AvgIpc) is 2.96. The molecule has 0 aliphatic carbocycles. The fourth-order valence-electron chi connectivity index (χ4n) is 3.46. The van der Waals surface area contributed by atoms with Crippen LogP contribution in [0.25, 0.3) is 10.8 Å². The number of nitrogen functional groups attached to an aromatic ring is 1. The van der Waals surface area contributed by atoms with Crippen LogP contribution in [-0.2, 0) is 93.6 Å². The summed E-state index contributed by atoms with van der Waals surface area (Å²) in [6, 6.07) is 14.6. The van der Waals surface area contributed by atoms with Crippen molar-refractivity contribution < 1.29 is 117 Å². The summed E-state index contributed by atoms with van der Waals surface area (Å²) in [6.07, 6.45) is 0. The number of azo groups is 2. The van der Waals surface area contributed by atoms with Crippen molar-refractivity contribution in [1.82, 2.24) is 0 Å². The molecule has 0 unspecified atom stereocenters. The van der Waals surface area contributed by atoms with Gasteiger partial charge in [0.25, 0.3) is 10.1 Å². The summed E-state index contributed by atoms with van der Waals surface area (Å²) < 4.78 is 46.9. The van der Waals surface area contributed by atoms with E-state index in [1.807, 2.05) is 0 Å². The van der Waals surface area contributed by atoms with E-state index in [0.717, 1.165) is 6.07 Å². The van der Waals surface area contributed by atoms with E-state index >= 15 is 0 Å². The van der Waals surface area contributed by atoms with Crippen molar-refractivity contribution in [3.63, 3.8) is 0 Å². The molecular weight excluding hydrogens is 816 g/mol. The Kier molecular flexibility index (Phi) is 16.2. The van der Waals surface area contributed by atoms with Crippen LogP contribution >= 0.6 is 36.1 Å². The average molecular weight is 833 g/mol. The second kappa shape index (κ2) is 18.2. The van der Waals surface area contributed by atoms with Crippen LogP contribution in [0.2, 0.25) is 0 Å². The maximum Gasteiger partial charge on any atom is 0.296 e. The number of hydrogen-bond donors (Lipinski definition) is 6. The van der Waals surface area contributed by atoms with Crippen LogP contribution in [0.5, 0.6) is 5.75 Å². The normalized spacial score (nSPS) is 11.6. The third-order valence-electron chi connectivity index (χ3n) is 5.22. The number of phenolic OH excluding ortho intramolecular Hbond substituents is 1. The van der Waals surface area contributed by atoms with Crippen LogP contribution in [-0.4, -0.2) is 33.8 Å². The molecule has 0 aliphatic rings. The molecule has 0 saturated carbocycles. The minimum Gasteiger partial charge on any atom is -0.505 e. The van der Waals surface area contributed by atoms with Gasteiger partial charge in [0.1, 0.15) is 16.3 Å². The second-order valence-electron chi connectivity index (χ2n) is 7.71. The van der Waals surface area contributed by atoms with Crippen molar-refractivity contribution in [2.45, 2.75) is 19.6 Å². The molecule has 16 nitrogen and oxygen atoms in total. The number of phenols is 1. The van der Waals surface area contributed by atoms with E-state index in [9.17, 15) is 18.1 Å². The summed E-state index contributed by atoms with van der Waals surface area (Å²) >= 11 is 1.79. The molecular formula is C22H17N5O11S4Y2. The largest absolute Gasteiger partial charge is 0.505 e. The molecule has 0 fully saturated rings. The first-order valence-electron chi connectivity index (χ1n) is 10.9. The molecule has 22 heteroatoms. The van der Waals surface area contributed by atoms with E-state index in [-0.39, 0.29) is 98.1 Å². The van der Waals surface area contributed by atoms with Gasteiger partial charge in [0, 0.05) is 75.2 Å². The van der Waals surface area contributed by atoms with Crippen LogP contribution in [0, 0.1) is 0 Å². The van der Waals surface area contributed by atoms with Gasteiger partial charge in [-0.1, -0.05) is 5.04 Å². The van der Waals surface area contributed by atoms with E-state index < -0.39 is 26.5 Å². The molecule has 2 radical (unpaired) electrons. The summed E-state index contributed by atoms with van der Waals surface area (Å²) in [6.45, 7) is 0. The van der Waals surface area contributed by atoms with Crippen molar-refractivity contribution in [3.8, 4) is 5.75 Å². The fourth-order valence-corrected chi connectivity index (χ4v) is 5.29. The zero-order chi connectivity index (χ0) is 30.3. The number of benzene rings is 4. The Labute approximate surface area is 311 Å². The number of nitrogens with zero attached hydrogens (tertiary/aromatic N) is 4. The molecule has 0 aliphatic heterocycles. The van der Waals surface area contributed by atoms with Crippen LogP contribution < -0.4 is 5.73 Å². The number of hydrogen-bond acceptors (Lipinski definition) is 18. The van der Waals surface area contributed by atoms with Crippen molar-refractivity contribution in [2.75, 3.05) is 5.73 Å². The SMILES string of the molecule is Nc1c(N=Nc2ccc(SOO)cc2)c(S(=O)(=O)O)cc2cc(SOOO)c(N=Nc3ccc(SOO)cc3)c(O)c12.[Y].[Y]. The van der Waals surface area contributed by atoms with E-state index in [2.05, 4.69) is 38.5 Å². The maximum atomic E-state index is 12.3. The number of nitrogens with two attached hydrogens (primary N) is 1. The Morgan fingerprint density at radius 2 is 1.23 bits per heavy atom. The van der Waals surface area contributed by atoms with E-state index in [1.54, 1.807) is 12.1 Å². The van der Waals surface area contributed by atoms with Gasteiger partial charge in [-0.25, -0.2) is 15.8 Å². The third-order valence-corrected chi connectivity index (χ3v) is 7.78. The summed E-state index contributed by atoms with van der Waals surface area (Å²) in [4.78, 5) is 0.377. The first-order valence-corrected chi connectivity index (χ1v) is 14.6. The number of rotatable bonds is 12. The molecule has 44 heavy (non-hydrogen) atoms. The molecule has 0 saturated heterocycles. The number of anilines is 1. The summed E-state index contributed by atoms with van der Waals surface area (Å²) in [5.74, 6) is -0.581. The fraction of sp³-hybridized carbons (Fsp3) is 0. The third kappa shape index (κ3) is 9.91. The minimum atomic E-state index is -4.91. The van der Waals surface area contributed by atoms with Gasteiger partial charge in [-0.3, -0.25) is 4.55 Å². The Morgan fingerprint density at radius 1 is 0.727 bits per heavy atom. The van der Waals surface area contributed by atoms with Crippen molar-refractivity contribution in [2.24, 2.45) is 20.5 Å². The van der Waals surface area contributed by atoms with Gasteiger partial charge in [0.15, 0.2) is 5.75 Å². The van der Waals surface area contributed by atoms with E-state index in [1.165, 1.54) is 42.5 Å². The van der Waals surface area contributed by atoms with Gasteiger partial charge in [0.2, 0.25) is 0 Å². The van der Waals surface area contributed by atoms with Crippen molar-refractivity contribution in [1.29, 1.82) is 0 Å².